The van der Waals surface area contributed by atoms with Crippen molar-refractivity contribution >= 4 is 23.0 Å². The Balaban J connectivity index is 2.41. The van der Waals surface area contributed by atoms with E-state index >= 15 is 0 Å². The highest BCUT2D eigenvalue weighted by atomic mass is 35.5. The van der Waals surface area contributed by atoms with Crippen LogP contribution < -0.4 is 5.32 Å². The lowest BCUT2D eigenvalue weighted by Gasteiger charge is -2.17. The molecule has 1 N–H and O–H groups in total. The van der Waals surface area contributed by atoms with Crippen LogP contribution in [0.4, 0.5) is 20.2 Å². The van der Waals surface area contributed by atoms with Crippen LogP contribution in [-0.4, -0.2) is 4.92 Å². The molecule has 0 aromatic heterocycles. The molecule has 0 aliphatic carbocycles. The Bertz CT molecular complexity index is 695. The van der Waals surface area contributed by atoms with Crippen LogP contribution in [0.5, 0.6) is 0 Å². The second-order valence-electron chi connectivity index (χ2n) is 4.40. The molecule has 21 heavy (non-hydrogen) atoms. The molecule has 1 atom stereocenters. The molecular weight excluding hydrogens is 302 g/mol. The Morgan fingerprint density at radius 2 is 1.90 bits per heavy atom. The molecule has 2 aromatic carbocycles. The lowest BCUT2D eigenvalue weighted by Crippen LogP contribution is -2.11. The monoisotopic (exact) mass is 312 g/mol. The van der Waals surface area contributed by atoms with E-state index in [2.05, 4.69) is 5.32 Å². The van der Waals surface area contributed by atoms with Gasteiger partial charge in [-0.15, -0.1) is 0 Å². The van der Waals surface area contributed by atoms with Crippen LogP contribution in [0.3, 0.4) is 0 Å². The van der Waals surface area contributed by atoms with Crippen molar-refractivity contribution in [2.24, 2.45) is 0 Å². The van der Waals surface area contributed by atoms with E-state index < -0.39 is 34.0 Å². The Kier molecular flexibility index (Phi) is 4.37. The highest BCUT2D eigenvalue weighted by molar-refractivity contribution is 6.31. The van der Waals surface area contributed by atoms with Gasteiger partial charge in [-0.05, 0) is 24.6 Å². The third-order valence-corrected chi connectivity index (χ3v) is 3.35. The number of hydrogen-bond donors (Lipinski definition) is 1. The second kappa shape index (κ2) is 6.05. The summed E-state index contributed by atoms with van der Waals surface area (Å²) in [6.07, 6.45) is 0. The number of nitro groups is 1. The molecule has 7 heteroatoms. The summed E-state index contributed by atoms with van der Waals surface area (Å²) in [6, 6.07) is 7.90. The first-order valence-corrected chi connectivity index (χ1v) is 6.43. The summed E-state index contributed by atoms with van der Waals surface area (Å²) >= 11 is 6.02. The molecule has 0 spiro atoms. The third kappa shape index (κ3) is 3.11. The molecule has 0 fully saturated rings. The number of rotatable bonds is 4. The quantitative estimate of drug-likeness (QED) is 0.657. The fraction of sp³-hybridized carbons (Fsp3) is 0.143. The molecule has 110 valence electrons. The maximum Gasteiger partial charge on any atom is 0.295 e. The van der Waals surface area contributed by atoms with Crippen molar-refractivity contribution in [2.75, 3.05) is 5.32 Å². The molecule has 2 aromatic rings. The van der Waals surface area contributed by atoms with Gasteiger partial charge in [0.05, 0.1) is 11.0 Å². The third-order valence-electron chi connectivity index (χ3n) is 3.00. The minimum atomic E-state index is -1.29. The molecule has 0 radical (unpaired) electrons. The van der Waals surface area contributed by atoms with Gasteiger partial charge < -0.3 is 5.32 Å². The molecule has 0 aliphatic rings. The van der Waals surface area contributed by atoms with E-state index in [1.807, 2.05) is 0 Å². The maximum atomic E-state index is 13.8. The van der Waals surface area contributed by atoms with E-state index in [1.165, 1.54) is 0 Å². The standard InChI is InChI=1S/C14H11ClF2N2O2/c1-8(9-4-2-3-5-10(9)15)18-14-12(19(20)21)7-6-11(16)13(14)17/h2-8,18H,1H3. The molecule has 0 bridgehead atoms. The zero-order valence-electron chi connectivity index (χ0n) is 10.9. The van der Waals surface area contributed by atoms with Crippen LogP contribution in [0.2, 0.25) is 5.02 Å². The van der Waals surface area contributed by atoms with Crippen LogP contribution >= 0.6 is 11.6 Å². The average Bonchev–Trinajstić information content (AvgIpc) is 2.44. The number of halogens is 3. The second-order valence-corrected chi connectivity index (χ2v) is 4.81. The molecule has 4 nitrogen and oxygen atoms in total. The predicted octanol–water partition coefficient (Wildman–Crippen LogP) is 4.70. The summed E-state index contributed by atoms with van der Waals surface area (Å²) in [7, 11) is 0. The lowest BCUT2D eigenvalue weighted by molar-refractivity contribution is -0.384. The Hall–Kier alpha value is -2.21. The van der Waals surface area contributed by atoms with Crippen molar-refractivity contribution in [3.8, 4) is 0 Å². The van der Waals surface area contributed by atoms with Crippen molar-refractivity contribution in [1.29, 1.82) is 0 Å². The fourth-order valence-corrected chi connectivity index (χ4v) is 2.25. The first-order valence-electron chi connectivity index (χ1n) is 6.05. The number of benzene rings is 2. The van der Waals surface area contributed by atoms with Crippen molar-refractivity contribution in [3.05, 3.63) is 68.7 Å². The first-order chi connectivity index (χ1) is 9.91. The smallest absolute Gasteiger partial charge is 0.295 e. The maximum absolute atomic E-state index is 13.8. The normalized spacial score (nSPS) is 12.0. The Morgan fingerprint density at radius 3 is 2.52 bits per heavy atom. The number of nitrogens with one attached hydrogen (secondary N) is 1. The van der Waals surface area contributed by atoms with E-state index in [9.17, 15) is 18.9 Å². The number of hydrogen-bond acceptors (Lipinski definition) is 3. The van der Waals surface area contributed by atoms with Gasteiger partial charge in [0.2, 0.25) is 0 Å². The number of anilines is 1. The van der Waals surface area contributed by atoms with Crippen molar-refractivity contribution in [2.45, 2.75) is 13.0 Å². The fourth-order valence-electron chi connectivity index (χ4n) is 1.95. The predicted molar refractivity (Wildman–Crippen MR) is 76.5 cm³/mol. The molecule has 0 amide bonds. The number of nitrogens with zero attached hydrogens (tertiary/aromatic N) is 1. The highest BCUT2D eigenvalue weighted by Gasteiger charge is 2.23. The Labute approximate surface area is 124 Å². The van der Waals surface area contributed by atoms with Crippen LogP contribution in [0.25, 0.3) is 0 Å². The molecule has 0 aliphatic heterocycles. The van der Waals surface area contributed by atoms with Gasteiger partial charge in [-0.3, -0.25) is 10.1 Å². The van der Waals surface area contributed by atoms with Crippen molar-refractivity contribution in [1.82, 2.24) is 0 Å². The summed E-state index contributed by atoms with van der Waals surface area (Å²) < 4.78 is 27.1. The van der Waals surface area contributed by atoms with Crippen LogP contribution in [0.15, 0.2) is 36.4 Å². The zero-order chi connectivity index (χ0) is 15.6. The molecule has 0 heterocycles. The van der Waals surface area contributed by atoms with Gasteiger partial charge >= 0.3 is 0 Å². The van der Waals surface area contributed by atoms with E-state index in [0.717, 1.165) is 12.1 Å². The van der Waals surface area contributed by atoms with Gasteiger partial charge in [-0.2, -0.15) is 0 Å². The van der Waals surface area contributed by atoms with Gasteiger partial charge in [0.1, 0.15) is 0 Å². The van der Waals surface area contributed by atoms with Crippen LogP contribution in [0, 0.1) is 21.7 Å². The van der Waals surface area contributed by atoms with E-state index in [4.69, 9.17) is 11.6 Å². The van der Waals surface area contributed by atoms with Crippen molar-refractivity contribution in [3.63, 3.8) is 0 Å². The average molecular weight is 313 g/mol. The van der Waals surface area contributed by atoms with Gasteiger partial charge in [0, 0.05) is 11.1 Å². The van der Waals surface area contributed by atoms with Gasteiger partial charge in [0.25, 0.3) is 5.69 Å². The van der Waals surface area contributed by atoms with Gasteiger partial charge in [-0.25, -0.2) is 8.78 Å². The first kappa shape index (κ1) is 15.2. The summed E-state index contributed by atoms with van der Waals surface area (Å²) in [5.41, 5.74) is -0.405. The summed E-state index contributed by atoms with van der Waals surface area (Å²) in [5.74, 6) is -2.45. The van der Waals surface area contributed by atoms with E-state index in [0.29, 0.717) is 10.6 Å². The van der Waals surface area contributed by atoms with Crippen molar-refractivity contribution < 1.29 is 13.7 Å². The SMILES string of the molecule is CC(Nc1c([N+](=O)[O-])ccc(F)c1F)c1ccccc1Cl. The van der Waals surface area contributed by atoms with E-state index in [1.54, 1.807) is 31.2 Å². The molecule has 1 unspecified atom stereocenters. The summed E-state index contributed by atoms with van der Waals surface area (Å²) in [6.45, 7) is 1.65. The largest absolute Gasteiger partial charge is 0.370 e. The zero-order valence-corrected chi connectivity index (χ0v) is 11.7. The van der Waals surface area contributed by atoms with Gasteiger partial charge in [0.15, 0.2) is 17.3 Å². The lowest BCUT2D eigenvalue weighted by atomic mass is 10.1. The summed E-state index contributed by atoms with van der Waals surface area (Å²) in [4.78, 5) is 10.1. The molecule has 2 rings (SSSR count). The minimum absolute atomic E-state index is 0.428. The topological polar surface area (TPSA) is 55.2 Å². The Morgan fingerprint density at radius 1 is 1.24 bits per heavy atom. The number of nitro benzene ring substituents is 1. The minimum Gasteiger partial charge on any atom is -0.370 e. The van der Waals surface area contributed by atoms with Crippen LogP contribution in [-0.2, 0) is 0 Å². The van der Waals surface area contributed by atoms with Gasteiger partial charge in [-0.1, -0.05) is 29.8 Å². The molecule has 0 saturated heterocycles. The van der Waals surface area contributed by atoms with E-state index in [-0.39, 0.29) is 0 Å². The molecular formula is C14H11ClF2N2O2. The highest BCUT2D eigenvalue weighted by Crippen LogP contribution is 2.33. The van der Waals surface area contributed by atoms with Crippen LogP contribution in [0.1, 0.15) is 18.5 Å². The summed E-state index contributed by atoms with van der Waals surface area (Å²) in [5, 5.41) is 14.0. The molecule has 0 saturated carbocycles.